The molecular weight excluding hydrogens is 270 g/mol. The number of sulfonamides is 1. The highest BCUT2D eigenvalue weighted by Gasteiger charge is 2.41. The van der Waals surface area contributed by atoms with Crippen LogP contribution in [0.15, 0.2) is 0 Å². The number of hydrogen-bond donors (Lipinski definition) is 1. The minimum atomic E-state index is -3.46. The Morgan fingerprint density at radius 1 is 1.37 bits per heavy atom. The Morgan fingerprint density at radius 3 is 2.74 bits per heavy atom. The van der Waals surface area contributed by atoms with Gasteiger partial charge in [-0.15, -0.1) is 0 Å². The van der Waals surface area contributed by atoms with Crippen LogP contribution in [0.1, 0.15) is 32.6 Å². The number of carbonyl (C=O) groups is 1. The van der Waals surface area contributed by atoms with Gasteiger partial charge in [-0.2, -0.15) is 0 Å². The minimum Gasteiger partial charge on any atom is -0.469 e. The molecule has 1 aliphatic carbocycles. The highest BCUT2D eigenvalue weighted by Crippen LogP contribution is 2.31. The second-order valence-electron chi connectivity index (χ2n) is 4.59. The summed E-state index contributed by atoms with van der Waals surface area (Å²) in [6.07, 6.45) is 2.46. The Kier molecular flexibility index (Phi) is 6.74. The van der Waals surface area contributed by atoms with Gasteiger partial charge in [0.1, 0.15) is 0 Å². The van der Waals surface area contributed by atoms with E-state index in [-0.39, 0.29) is 0 Å². The summed E-state index contributed by atoms with van der Waals surface area (Å²) in [5.41, 5.74) is 0. The van der Waals surface area contributed by atoms with Gasteiger partial charge in [0.25, 0.3) is 0 Å². The summed E-state index contributed by atoms with van der Waals surface area (Å²) >= 11 is 0. The lowest BCUT2D eigenvalue weighted by Gasteiger charge is -2.18. The second-order valence-corrected chi connectivity index (χ2v) is 6.57. The van der Waals surface area contributed by atoms with Crippen LogP contribution in [0.5, 0.6) is 0 Å². The first kappa shape index (κ1) is 16.4. The topological polar surface area (TPSA) is 81.7 Å². The van der Waals surface area contributed by atoms with Gasteiger partial charge in [0, 0.05) is 19.8 Å². The van der Waals surface area contributed by atoms with E-state index in [9.17, 15) is 13.2 Å². The molecule has 1 rings (SSSR count). The second kappa shape index (κ2) is 7.81. The number of carbonyl (C=O) groups excluding carboxylic acids is 1. The lowest BCUT2D eigenvalue weighted by molar-refractivity contribution is -0.145. The van der Waals surface area contributed by atoms with Gasteiger partial charge in [-0.25, -0.2) is 13.1 Å². The van der Waals surface area contributed by atoms with Crippen LogP contribution < -0.4 is 4.72 Å². The van der Waals surface area contributed by atoms with E-state index < -0.39 is 27.2 Å². The molecule has 0 spiro atoms. The van der Waals surface area contributed by atoms with Crippen molar-refractivity contribution < 1.29 is 22.7 Å². The van der Waals surface area contributed by atoms with Crippen molar-refractivity contribution in [3.05, 3.63) is 0 Å². The Balaban J connectivity index is 2.49. The number of nitrogens with one attached hydrogen (secondary N) is 1. The van der Waals surface area contributed by atoms with Crippen LogP contribution in [0.2, 0.25) is 0 Å². The maximum Gasteiger partial charge on any atom is 0.310 e. The summed E-state index contributed by atoms with van der Waals surface area (Å²) in [4.78, 5) is 11.6. The molecule has 7 heteroatoms. The number of ether oxygens (including phenoxy) is 2. The molecule has 0 aromatic rings. The first-order valence-electron chi connectivity index (χ1n) is 6.67. The predicted octanol–water partition coefficient (Wildman–Crippen LogP) is 0.674. The number of hydrogen-bond acceptors (Lipinski definition) is 5. The highest BCUT2D eigenvalue weighted by atomic mass is 32.2. The summed E-state index contributed by atoms with van der Waals surface area (Å²) in [7, 11) is -2.17. The van der Waals surface area contributed by atoms with Crippen molar-refractivity contribution >= 4 is 16.0 Å². The molecule has 1 saturated carbocycles. The maximum absolute atomic E-state index is 12.1. The quantitative estimate of drug-likeness (QED) is 0.525. The Morgan fingerprint density at radius 2 is 2.11 bits per heavy atom. The molecule has 0 amide bonds. The van der Waals surface area contributed by atoms with E-state index in [0.717, 1.165) is 6.42 Å². The molecular formula is C12H23NO5S. The van der Waals surface area contributed by atoms with Crippen molar-refractivity contribution in [1.82, 2.24) is 4.72 Å². The molecule has 2 atom stereocenters. The zero-order valence-electron chi connectivity index (χ0n) is 11.6. The molecule has 1 aliphatic rings. The van der Waals surface area contributed by atoms with Crippen LogP contribution in [-0.4, -0.2) is 46.5 Å². The summed E-state index contributed by atoms with van der Waals surface area (Å²) in [6.45, 7) is 3.39. The summed E-state index contributed by atoms with van der Waals surface area (Å²) in [5.74, 6) is -0.961. The lowest BCUT2D eigenvalue weighted by Crippen LogP contribution is -2.40. The molecule has 1 N–H and O–H groups in total. The Bertz CT molecular complexity index is 382. The lowest BCUT2D eigenvalue weighted by atomic mass is 10.1. The third kappa shape index (κ3) is 4.74. The molecule has 1 fully saturated rings. The van der Waals surface area contributed by atoms with Gasteiger partial charge in [0.2, 0.25) is 10.0 Å². The van der Waals surface area contributed by atoms with Gasteiger partial charge in [0.05, 0.1) is 18.3 Å². The van der Waals surface area contributed by atoms with E-state index in [4.69, 9.17) is 4.74 Å². The van der Waals surface area contributed by atoms with Gasteiger partial charge in [-0.1, -0.05) is 6.42 Å². The predicted molar refractivity (Wildman–Crippen MR) is 71.2 cm³/mol. The van der Waals surface area contributed by atoms with E-state index in [0.29, 0.717) is 39.0 Å². The summed E-state index contributed by atoms with van der Waals surface area (Å²) < 4.78 is 36.6. The molecule has 0 heterocycles. The fraction of sp³-hybridized carbons (Fsp3) is 0.917. The highest BCUT2D eigenvalue weighted by molar-refractivity contribution is 7.90. The van der Waals surface area contributed by atoms with Crippen LogP contribution in [0.4, 0.5) is 0 Å². The van der Waals surface area contributed by atoms with Crippen molar-refractivity contribution in [2.45, 2.75) is 37.9 Å². The van der Waals surface area contributed by atoms with Crippen LogP contribution >= 0.6 is 0 Å². The molecule has 0 radical (unpaired) electrons. The summed E-state index contributed by atoms with van der Waals surface area (Å²) in [5, 5.41) is -0.660. The third-order valence-corrected chi connectivity index (χ3v) is 5.30. The van der Waals surface area contributed by atoms with Crippen LogP contribution in [0.25, 0.3) is 0 Å². The average molecular weight is 293 g/mol. The molecule has 19 heavy (non-hydrogen) atoms. The number of rotatable bonds is 8. The zero-order chi connectivity index (χ0) is 14.3. The van der Waals surface area contributed by atoms with Gasteiger partial charge in [-0.3, -0.25) is 4.79 Å². The van der Waals surface area contributed by atoms with E-state index in [2.05, 4.69) is 9.46 Å². The number of methoxy groups -OCH3 is 1. The van der Waals surface area contributed by atoms with E-state index in [1.807, 2.05) is 6.92 Å². The van der Waals surface area contributed by atoms with Gasteiger partial charge < -0.3 is 9.47 Å². The van der Waals surface area contributed by atoms with Crippen molar-refractivity contribution in [2.75, 3.05) is 26.9 Å². The molecule has 0 saturated heterocycles. The van der Waals surface area contributed by atoms with Crippen molar-refractivity contribution in [3.8, 4) is 0 Å². The van der Waals surface area contributed by atoms with Gasteiger partial charge >= 0.3 is 5.97 Å². The van der Waals surface area contributed by atoms with E-state index in [1.165, 1.54) is 7.11 Å². The SMILES string of the molecule is CCOCCCNS(=O)(=O)C1CCCC1C(=O)OC. The third-order valence-electron chi connectivity index (χ3n) is 3.33. The van der Waals surface area contributed by atoms with Crippen molar-refractivity contribution in [1.29, 1.82) is 0 Å². The average Bonchev–Trinajstić information content (AvgIpc) is 2.87. The van der Waals surface area contributed by atoms with Gasteiger partial charge in [-0.05, 0) is 26.2 Å². The summed E-state index contributed by atoms with van der Waals surface area (Å²) in [6, 6.07) is 0. The first-order chi connectivity index (χ1) is 9.03. The molecule has 6 nitrogen and oxygen atoms in total. The standard InChI is InChI=1S/C12H23NO5S/c1-3-18-9-5-8-13-19(15,16)11-7-4-6-10(11)12(14)17-2/h10-11,13H,3-9H2,1-2H3. The Hall–Kier alpha value is -0.660. The van der Waals surface area contributed by atoms with Crippen LogP contribution in [0.3, 0.4) is 0 Å². The molecule has 0 aromatic carbocycles. The zero-order valence-corrected chi connectivity index (χ0v) is 12.4. The van der Waals surface area contributed by atoms with Crippen LogP contribution in [-0.2, 0) is 24.3 Å². The number of esters is 1. The molecule has 0 aliphatic heterocycles. The fourth-order valence-electron chi connectivity index (χ4n) is 2.36. The minimum absolute atomic E-state index is 0.340. The van der Waals surface area contributed by atoms with Crippen molar-refractivity contribution in [3.63, 3.8) is 0 Å². The fourth-order valence-corrected chi connectivity index (χ4v) is 4.16. The van der Waals surface area contributed by atoms with Gasteiger partial charge in [0.15, 0.2) is 0 Å². The van der Waals surface area contributed by atoms with E-state index >= 15 is 0 Å². The van der Waals surface area contributed by atoms with Crippen LogP contribution in [0, 0.1) is 5.92 Å². The molecule has 0 bridgehead atoms. The molecule has 0 aromatic heterocycles. The normalized spacial score (nSPS) is 23.5. The monoisotopic (exact) mass is 293 g/mol. The maximum atomic E-state index is 12.1. The van der Waals surface area contributed by atoms with E-state index in [1.54, 1.807) is 0 Å². The smallest absolute Gasteiger partial charge is 0.310 e. The van der Waals surface area contributed by atoms with Crippen molar-refractivity contribution in [2.24, 2.45) is 5.92 Å². The first-order valence-corrected chi connectivity index (χ1v) is 8.21. The molecule has 2 unspecified atom stereocenters. The Labute approximate surface area is 114 Å². The largest absolute Gasteiger partial charge is 0.469 e. The molecule has 112 valence electrons.